The van der Waals surface area contributed by atoms with Crippen molar-refractivity contribution in [2.24, 2.45) is 0 Å². The first kappa shape index (κ1) is 28.0. The number of hydrogen-bond donors (Lipinski definition) is 0. The summed E-state index contributed by atoms with van der Waals surface area (Å²) in [6.07, 6.45) is 0. The van der Waals surface area contributed by atoms with E-state index in [2.05, 4.69) is 138 Å². The number of aromatic nitrogens is 2. The zero-order valence-electron chi connectivity index (χ0n) is 27.4. The smallest absolute Gasteiger partial charge is 0.147 e. The Morgan fingerprint density at radius 3 is 1.69 bits per heavy atom. The van der Waals surface area contributed by atoms with E-state index in [9.17, 15) is 0 Å². The van der Waals surface area contributed by atoms with Crippen molar-refractivity contribution in [1.82, 2.24) is 9.55 Å². The number of rotatable bonds is 4. The van der Waals surface area contributed by atoms with Crippen molar-refractivity contribution in [3.8, 4) is 39.3 Å². The van der Waals surface area contributed by atoms with Crippen LogP contribution in [-0.4, -0.2) is 9.55 Å². The maximum absolute atomic E-state index is 6.56. The van der Waals surface area contributed by atoms with Gasteiger partial charge in [0.1, 0.15) is 28.2 Å². The molecule has 0 saturated heterocycles. The third kappa shape index (κ3) is 4.30. The lowest BCUT2D eigenvalue weighted by atomic mass is 9.95. The molecule has 0 aliphatic carbocycles. The Labute approximate surface area is 292 Å². The molecule has 8 aromatic carbocycles. The van der Waals surface area contributed by atoms with Gasteiger partial charge in [-0.15, -0.1) is 0 Å². The maximum atomic E-state index is 6.56. The molecule has 3 heterocycles. The Balaban J connectivity index is 1.01. The molecule has 0 aliphatic heterocycles. The Bertz CT molecular complexity index is 3040. The van der Waals surface area contributed by atoms with E-state index < -0.39 is 0 Å². The van der Waals surface area contributed by atoms with Crippen molar-refractivity contribution in [2.75, 3.05) is 0 Å². The molecule has 3 aromatic heterocycles. The van der Waals surface area contributed by atoms with Gasteiger partial charge in [-0.25, -0.2) is 4.98 Å². The normalized spacial score (nSPS) is 11.9. The van der Waals surface area contributed by atoms with Crippen molar-refractivity contribution in [3.05, 3.63) is 170 Å². The number of benzene rings is 8. The van der Waals surface area contributed by atoms with Crippen LogP contribution in [0, 0.1) is 0 Å². The molecule has 4 nitrogen and oxygen atoms in total. The van der Waals surface area contributed by atoms with Crippen LogP contribution in [0.2, 0.25) is 0 Å². The van der Waals surface area contributed by atoms with Gasteiger partial charge in [0.2, 0.25) is 0 Å². The minimum absolute atomic E-state index is 0.847. The highest BCUT2D eigenvalue weighted by molar-refractivity contribution is 6.22. The molecular formula is C47H28N2O2. The van der Waals surface area contributed by atoms with Crippen LogP contribution >= 0.6 is 0 Å². The molecule has 51 heavy (non-hydrogen) atoms. The number of nitrogens with zero attached hydrogens (tertiary/aromatic N) is 2. The third-order valence-corrected chi connectivity index (χ3v) is 10.2. The molecule has 0 spiro atoms. The fraction of sp³-hybridized carbons (Fsp3) is 0. The van der Waals surface area contributed by atoms with Gasteiger partial charge in [-0.05, 0) is 82.1 Å². The second kappa shape index (κ2) is 10.8. The summed E-state index contributed by atoms with van der Waals surface area (Å²) in [6, 6.07) is 59.6. The molecule has 11 aromatic rings. The summed E-state index contributed by atoms with van der Waals surface area (Å²) in [5, 5.41) is 6.73. The summed E-state index contributed by atoms with van der Waals surface area (Å²) < 4.78 is 15.4. The highest BCUT2D eigenvalue weighted by Crippen LogP contribution is 2.45. The van der Waals surface area contributed by atoms with Gasteiger partial charge in [0.15, 0.2) is 0 Å². The molecule has 0 unspecified atom stereocenters. The standard InChI is InChI=1S/C47H28N2O2/c1-2-10-30(11-3-1)47-48-40-14-6-7-15-41(40)49(47)35-24-22-29(23-25-35)31-18-19-33-27-34(21-20-32(33)26-31)44-45-38(36-12-4-8-16-42(36)50-45)28-39-37-13-5-9-17-43(37)51-46(39)44/h1-28H. The first-order valence-electron chi connectivity index (χ1n) is 17.2. The lowest BCUT2D eigenvalue weighted by Crippen LogP contribution is -1.97. The van der Waals surface area contributed by atoms with Crippen molar-refractivity contribution in [3.63, 3.8) is 0 Å². The summed E-state index contributed by atoms with van der Waals surface area (Å²) in [4.78, 5) is 5.01. The second-order valence-corrected chi connectivity index (χ2v) is 13.2. The fourth-order valence-electron chi connectivity index (χ4n) is 7.75. The monoisotopic (exact) mass is 652 g/mol. The molecule has 0 fully saturated rings. The minimum atomic E-state index is 0.847. The minimum Gasteiger partial charge on any atom is -0.455 e. The number of furan rings is 2. The van der Waals surface area contributed by atoms with Crippen molar-refractivity contribution < 1.29 is 8.83 Å². The molecular weight excluding hydrogens is 625 g/mol. The average Bonchev–Trinajstić information content (AvgIpc) is 3.88. The van der Waals surface area contributed by atoms with Gasteiger partial charge >= 0.3 is 0 Å². The summed E-state index contributed by atoms with van der Waals surface area (Å²) in [5.74, 6) is 0.935. The van der Waals surface area contributed by atoms with E-state index >= 15 is 0 Å². The summed E-state index contributed by atoms with van der Waals surface area (Å²) in [6.45, 7) is 0. The zero-order valence-corrected chi connectivity index (χ0v) is 27.4. The predicted octanol–water partition coefficient (Wildman–Crippen LogP) is 13.0. The SMILES string of the molecule is c1ccc(-c2nc3ccccc3n2-c2ccc(-c3ccc4cc(-c5c6oc7ccccc7c6cc6c5oc5ccccc56)ccc4c3)cc2)cc1. The fourth-order valence-corrected chi connectivity index (χ4v) is 7.75. The van der Waals surface area contributed by atoms with Gasteiger partial charge in [-0.3, -0.25) is 4.57 Å². The van der Waals surface area contributed by atoms with Gasteiger partial charge in [0.05, 0.1) is 16.6 Å². The Morgan fingerprint density at radius 2 is 0.980 bits per heavy atom. The van der Waals surface area contributed by atoms with Crippen LogP contribution in [0.4, 0.5) is 0 Å². The zero-order chi connectivity index (χ0) is 33.5. The lowest BCUT2D eigenvalue weighted by Gasteiger charge is -2.11. The first-order valence-corrected chi connectivity index (χ1v) is 17.2. The van der Waals surface area contributed by atoms with Crippen LogP contribution in [0.3, 0.4) is 0 Å². The molecule has 0 aliphatic rings. The highest BCUT2D eigenvalue weighted by Gasteiger charge is 2.21. The van der Waals surface area contributed by atoms with Crippen LogP contribution in [0.5, 0.6) is 0 Å². The second-order valence-electron chi connectivity index (χ2n) is 13.2. The van der Waals surface area contributed by atoms with Crippen LogP contribution in [0.15, 0.2) is 179 Å². The summed E-state index contributed by atoms with van der Waals surface area (Å²) in [5.41, 5.74) is 12.0. The van der Waals surface area contributed by atoms with E-state index in [1.807, 2.05) is 36.4 Å². The van der Waals surface area contributed by atoms with Crippen molar-refractivity contribution in [2.45, 2.75) is 0 Å². The van der Waals surface area contributed by atoms with Gasteiger partial charge in [-0.1, -0.05) is 115 Å². The lowest BCUT2D eigenvalue weighted by molar-refractivity contribution is 0.658. The maximum Gasteiger partial charge on any atom is 0.147 e. The van der Waals surface area contributed by atoms with Gasteiger partial charge in [-0.2, -0.15) is 0 Å². The quantitative estimate of drug-likeness (QED) is 0.190. The predicted molar refractivity (Wildman–Crippen MR) is 209 cm³/mol. The van der Waals surface area contributed by atoms with Crippen LogP contribution < -0.4 is 0 Å². The van der Waals surface area contributed by atoms with Crippen molar-refractivity contribution >= 4 is 65.7 Å². The van der Waals surface area contributed by atoms with Gasteiger partial charge < -0.3 is 8.83 Å². The largest absolute Gasteiger partial charge is 0.455 e. The Morgan fingerprint density at radius 1 is 0.412 bits per heavy atom. The van der Waals surface area contributed by atoms with E-state index in [0.29, 0.717) is 0 Å². The van der Waals surface area contributed by atoms with E-state index in [0.717, 1.165) is 94.1 Å². The van der Waals surface area contributed by atoms with E-state index in [1.165, 1.54) is 10.9 Å². The molecule has 238 valence electrons. The number of fused-ring (bicyclic) bond motifs is 8. The van der Waals surface area contributed by atoms with E-state index in [1.54, 1.807) is 0 Å². The van der Waals surface area contributed by atoms with E-state index in [-0.39, 0.29) is 0 Å². The number of para-hydroxylation sites is 4. The first-order chi connectivity index (χ1) is 25.3. The molecule has 0 atom stereocenters. The van der Waals surface area contributed by atoms with Crippen LogP contribution in [-0.2, 0) is 0 Å². The molecule has 0 bridgehead atoms. The molecule has 0 N–H and O–H groups in total. The molecule has 0 amide bonds. The molecule has 11 rings (SSSR count). The summed E-state index contributed by atoms with van der Waals surface area (Å²) >= 11 is 0. The van der Waals surface area contributed by atoms with Crippen LogP contribution in [0.1, 0.15) is 0 Å². The van der Waals surface area contributed by atoms with E-state index in [4.69, 9.17) is 13.8 Å². The molecule has 0 saturated carbocycles. The Kier molecular flexibility index (Phi) is 5.92. The summed E-state index contributed by atoms with van der Waals surface area (Å²) in [7, 11) is 0. The number of imidazole rings is 1. The molecule has 4 heteroatoms. The average molecular weight is 653 g/mol. The topological polar surface area (TPSA) is 44.1 Å². The van der Waals surface area contributed by atoms with Gasteiger partial charge in [0, 0.05) is 32.8 Å². The van der Waals surface area contributed by atoms with Crippen molar-refractivity contribution in [1.29, 1.82) is 0 Å². The highest BCUT2D eigenvalue weighted by atomic mass is 16.3. The third-order valence-electron chi connectivity index (χ3n) is 10.2. The van der Waals surface area contributed by atoms with Gasteiger partial charge in [0.25, 0.3) is 0 Å². The number of hydrogen-bond acceptors (Lipinski definition) is 3. The Hall–Kier alpha value is -6.91. The molecule has 0 radical (unpaired) electrons. The van der Waals surface area contributed by atoms with Crippen LogP contribution in [0.25, 0.3) is 105 Å².